The van der Waals surface area contributed by atoms with Gasteiger partial charge in [0.25, 0.3) is 0 Å². The second kappa shape index (κ2) is 3.84. The molecule has 2 heterocycles. The number of aliphatic imine (C=N–C) groups is 1. The third kappa shape index (κ3) is 1.40. The molecule has 0 aliphatic carbocycles. The molecule has 0 bridgehead atoms. The maximum atomic E-state index is 5.03. The van der Waals surface area contributed by atoms with Crippen LogP contribution in [0.15, 0.2) is 47.8 Å². The Labute approximate surface area is 97.9 Å². The first-order valence-corrected chi connectivity index (χ1v) is 6.05. The summed E-state index contributed by atoms with van der Waals surface area (Å²) in [6.45, 7) is 0. The first-order valence-electron chi connectivity index (χ1n) is 5.00. The van der Waals surface area contributed by atoms with E-state index in [1.54, 1.807) is 18.0 Å². The number of rotatable bonds is 2. The molecule has 2 aliphatic heterocycles. The summed E-state index contributed by atoms with van der Waals surface area (Å²) in [5.41, 5.74) is 5.48. The molecule has 1 aromatic carbocycles. The van der Waals surface area contributed by atoms with Crippen molar-refractivity contribution in [1.82, 2.24) is 10.6 Å². The number of benzene rings is 1. The summed E-state index contributed by atoms with van der Waals surface area (Å²) >= 11 is 1.70. The number of hydrogen-bond donors (Lipinski definition) is 1. The minimum absolute atomic E-state index is 0.390. The van der Waals surface area contributed by atoms with E-state index in [4.69, 9.17) is 4.84 Å². The summed E-state index contributed by atoms with van der Waals surface area (Å²) < 4.78 is 0. The Morgan fingerprint density at radius 3 is 2.88 bits per heavy atom. The van der Waals surface area contributed by atoms with Gasteiger partial charge in [0.15, 0.2) is 5.66 Å². The van der Waals surface area contributed by atoms with Crippen LogP contribution in [0.2, 0.25) is 0 Å². The van der Waals surface area contributed by atoms with Crippen LogP contribution in [-0.2, 0) is 10.5 Å². The zero-order valence-corrected chi connectivity index (χ0v) is 9.35. The van der Waals surface area contributed by atoms with Crippen molar-refractivity contribution < 1.29 is 4.84 Å². The summed E-state index contributed by atoms with van der Waals surface area (Å²) in [4.78, 5) is 9.62. The van der Waals surface area contributed by atoms with E-state index in [1.165, 1.54) is 0 Å². The molecule has 0 saturated carbocycles. The van der Waals surface area contributed by atoms with Gasteiger partial charge in [0.2, 0.25) is 0 Å². The van der Waals surface area contributed by atoms with Crippen molar-refractivity contribution in [2.75, 3.05) is 5.75 Å². The van der Waals surface area contributed by atoms with Gasteiger partial charge in [-0.1, -0.05) is 35.9 Å². The quantitative estimate of drug-likeness (QED) is 0.845. The standard InChI is InChI=1S/C11H11N3OS/c1-2-4-10(5-3-1)11(8-16-9-12-11)14-6-7-15-13-14/h1-7,9,13H,8H2. The van der Waals surface area contributed by atoms with Crippen LogP contribution in [-0.4, -0.2) is 16.3 Å². The lowest BCUT2D eigenvalue weighted by Crippen LogP contribution is -2.47. The maximum absolute atomic E-state index is 5.03. The Morgan fingerprint density at radius 2 is 2.25 bits per heavy atom. The van der Waals surface area contributed by atoms with E-state index in [-0.39, 0.29) is 5.66 Å². The van der Waals surface area contributed by atoms with E-state index in [9.17, 15) is 0 Å². The molecule has 1 atom stereocenters. The molecule has 4 nitrogen and oxygen atoms in total. The summed E-state index contributed by atoms with van der Waals surface area (Å²) in [6, 6.07) is 10.2. The van der Waals surface area contributed by atoms with Crippen LogP contribution in [0.25, 0.3) is 0 Å². The predicted molar refractivity (Wildman–Crippen MR) is 64.3 cm³/mol. The van der Waals surface area contributed by atoms with Crippen molar-refractivity contribution in [3.8, 4) is 0 Å². The fraction of sp³-hybridized carbons (Fsp3) is 0.182. The normalized spacial score (nSPS) is 27.4. The highest BCUT2D eigenvalue weighted by Crippen LogP contribution is 2.37. The van der Waals surface area contributed by atoms with Gasteiger partial charge < -0.3 is 4.84 Å². The molecule has 0 fully saturated rings. The van der Waals surface area contributed by atoms with Crippen molar-refractivity contribution in [3.63, 3.8) is 0 Å². The largest absolute Gasteiger partial charge is 0.395 e. The van der Waals surface area contributed by atoms with Crippen LogP contribution in [0.5, 0.6) is 0 Å². The minimum atomic E-state index is -0.390. The van der Waals surface area contributed by atoms with E-state index in [1.807, 2.05) is 35.0 Å². The average molecular weight is 233 g/mol. The van der Waals surface area contributed by atoms with E-state index in [2.05, 4.69) is 22.7 Å². The summed E-state index contributed by atoms with van der Waals surface area (Å²) in [6.07, 6.45) is 3.47. The Kier molecular flexibility index (Phi) is 2.34. The molecule has 3 rings (SSSR count). The van der Waals surface area contributed by atoms with Gasteiger partial charge in [-0.05, 0) is 0 Å². The van der Waals surface area contributed by atoms with E-state index >= 15 is 0 Å². The van der Waals surface area contributed by atoms with Gasteiger partial charge in [0, 0.05) is 11.3 Å². The number of hydrazine groups is 1. The Bertz CT molecular complexity index is 434. The van der Waals surface area contributed by atoms with Crippen LogP contribution < -0.4 is 5.59 Å². The molecule has 0 amide bonds. The lowest BCUT2D eigenvalue weighted by atomic mass is 10.0. The number of nitrogens with one attached hydrogen (secondary N) is 1. The Hall–Kier alpha value is -1.46. The van der Waals surface area contributed by atoms with Gasteiger partial charge in [0.1, 0.15) is 6.26 Å². The van der Waals surface area contributed by atoms with Crippen LogP contribution >= 0.6 is 11.8 Å². The maximum Gasteiger partial charge on any atom is 0.184 e. The molecule has 1 N–H and O–H groups in total. The van der Waals surface area contributed by atoms with Gasteiger partial charge >= 0.3 is 0 Å². The van der Waals surface area contributed by atoms with Gasteiger partial charge in [-0.15, -0.1) is 11.8 Å². The molecule has 2 aliphatic rings. The van der Waals surface area contributed by atoms with E-state index < -0.39 is 0 Å². The predicted octanol–water partition coefficient (Wildman–Crippen LogP) is 1.84. The fourth-order valence-corrected chi connectivity index (χ4v) is 2.79. The molecule has 0 saturated heterocycles. The first-order chi connectivity index (χ1) is 7.92. The van der Waals surface area contributed by atoms with Crippen molar-refractivity contribution in [2.24, 2.45) is 4.99 Å². The smallest absolute Gasteiger partial charge is 0.184 e. The Morgan fingerprint density at radius 1 is 1.38 bits per heavy atom. The van der Waals surface area contributed by atoms with Gasteiger partial charge in [-0.2, -0.15) is 0 Å². The van der Waals surface area contributed by atoms with Crippen LogP contribution in [0.3, 0.4) is 0 Å². The molecule has 0 radical (unpaired) electrons. The zero-order valence-electron chi connectivity index (χ0n) is 8.54. The topological polar surface area (TPSA) is 36.9 Å². The van der Waals surface area contributed by atoms with Crippen molar-refractivity contribution in [3.05, 3.63) is 48.4 Å². The monoisotopic (exact) mass is 233 g/mol. The molecule has 16 heavy (non-hydrogen) atoms. The van der Waals surface area contributed by atoms with Crippen LogP contribution in [0.1, 0.15) is 5.56 Å². The summed E-state index contributed by atoms with van der Waals surface area (Å²) in [5.74, 6) is 0.873. The molecule has 0 aromatic heterocycles. The average Bonchev–Trinajstić information content (AvgIpc) is 3.02. The number of nitrogens with zero attached hydrogens (tertiary/aromatic N) is 2. The molecular weight excluding hydrogens is 222 g/mol. The highest BCUT2D eigenvalue weighted by molar-refractivity contribution is 8.12. The molecular formula is C11H11N3OS. The van der Waals surface area contributed by atoms with Gasteiger partial charge in [0.05, 0.1) is 11.7 Å². The lowest BCUT2D eigenvalue weighted by Gasteiger charge is -2.34. The van der Waals surface area contributed by atoms with Crippen molar-refractivity contribution >= 4 is 17.3 Å². The molecule has 5 heteroatoms. The van der Waals surface area contributed by atoms with Gasteiger partial charge in [-0.3, -0.25) is 4.99 Å². The van der Waals surface area contributed by atoms with Gasteiger partial charge in [-0.25, -0.2) is 5.01 Å². The fourth-order valence-electron chi connectivity index (χ4n) is 1.86. The van der Waals surface area contributed by atoms with E-state index in [0.29, 0.717) is 0 Å². The third-order valence-corrected chi connectivity index (χ3v) is 3.51. The number of hydrogen-bond acceptors (Lipinski definition) is 5. The lowest BCUT2D eigenvalue weighted by molar-refractivity contribution is -0.0228. The van der Waals surface area contributed by atoms with Crippen molar-refractivity contribution in [1.29, 1.82) is 0 Å². The second-order valence-corrected chi connectivity index (χ2v) is 4.43. The number of thioether (sulfide) groups is 1. The van der Waals surface area contributed by atoms with Crippen LogP contribution in [0, 0.1) is 0 Å². The highest BCUT2D eigenvalue weighted by Gasteiger charge is 2.40. The minimum Gasteiger partial charge on any atom is -0.395 e. The highest BCUT2D eigenvalue weighted by atomic mass is 32.2. The molecule has 1 aromatic rings. The third-order valence-electron chi connectivity index (χ3n) is 2.69. The summed E-state index contributed by atoms with van der Waals surface area (Å²) in [7, 11) is 0. The first kappa shape index (κ1) is 9.74. The van der Waals surface area contributed by atoms with Crippen molar-refractivity contribution in [2.45, 2.75) is 5.66 Å². The SMILES string of the molecule is C1=CN(C2(c3ccccc3)CSC=N2)NO1. The molecule has 1 unspecified atom stereocenters. The summed E-state index contributed by atoms with van der Waals surface area (Å²) in [5, 5.41) is 1.89. The Balaban J connectivity index is 2.03. The molecule has 82 valence electrons. The molecule has 0 spiro atoms. The zero-order chi connectivity index (χ0) is 10.8. The van der Waals surface area contributed by atoms with E-state index in [0.717, 1.165) is 11.3 Å². The van der Waals surface area contributed by atoms with Crippen LogP contribution in [0.4, 0.5) is 0 Å². The second-order valence-electron chi connectivity index (χ2n) is 3.59.